The van der Waals surface area contributed by atoms with Gasteiger partial charge in [-0.15, -0.1) is 0 Å². The number of rotatable bonds is 5. The third-order valence-electron chi connectivity index (χ3n) is 3.12. The summed E-state index contributed by atoms with van der Waals surface area (Å²) in [5.41, 5.74) is 2.96. The van der Waals surface area contributed by atoms with Crippen molar-refractivity contribution in [2.45, 2.75) is 33.1 Å². The minimum absolute atomic E-state index is 0.107. The van der Waals surface area contributed by atoms with Gasteiger partial charge in [-0.2, -0.15) is 5.10 Å². The Balaban J connectivity index is 2.22. The van der Waals surface area contributed by atoms with Gasteiger partial charge in [0.15, 0.2) is 5.69 Å². The highest BCUT2D eigenvalue weighted by Crippen LogP contribution is 2.14. The summed E-state index contributed by atoms with van der Waals surface area (Å²) in [4.78, 5) is 11.0. The Morgan fingerprint density at radius 2 is 2.00 bits per heavy atom. The van der Waals surface area contributed by atoms with E-state index < -0.39 is 5.97 Å². The highest BCUT2D eigenvalue weighted by molar-refractivity contribution is 5.86. The zero-order valence-electron chi connectivity index (χ0n) is 11.3. The molecule has 0 fully saturated rings. The van der Waals surface area contributed by atoms with Gasteiger partial charge >= 0.3 is 5.97 Å². The maximum absolute atomic E-state index is 11.0. The van der Waals surface area contributed by atoms with Crippen molar-refractivity contribution in [1.82, 2.24) is 9.78 Å². The lowest BCUT2D eigenvalue weighted by Gasteiger charge is -2.03. The number of unbranched alkanes of at least 4 members (excludes halogenated alkanes) is 1. The van der Waals surface area contributed by atoms with Crippen LogP contribution in [-0.4, -0.2) is 20.9 Å². The molecule has 1 aromatic carbocycles. The predicted molar refractivity (Wildman–Crippen MR) is 73.9 cm³/mol. The summed E-state index contributed by atoms with van der Waals surface area (Å²) < 4.78 is 1.61. The summed E-state index contributed by atoms with van der Waals surface area (Å²) in [6, 6.07) is 8.09. The van der Waals surface area contributed by atoms with E-state index in [1.807, 2.05) is 12.1 Å². The highest BCUT2D eigenvalue weighted by atomic mass is 16.4. The van der Waals surface area contributed by atoms with Crippen molar-refractivity contribution in [3.63, 3.8) is 0 Å². The molecule has 0 spiro atoms. The van der Waals surface area contributed by atoms with Crippen LogP contribution in [0.4, 0.5) is 0 Å². The summed E-state index contributed by atoms with van der Waals surface area (Å²) in [6.45, 7) is 3.93. The van der Waals surface area contributed by atoms with Crippen LogP contribution in [0.3, 0.4) is 0 Å². The van der Waals surface area contributed by atoms with Crippen LogP contribution >= 0.6 is 0 Å². The number of carboxylic acids is 1. The molecule has 4 nitrogen and oxygen atoms in total. The van der Waals surface area contributed by atoms with Crippen LogP contribution in [-0.2, 0) is 6.42 Å². The van der Waals surface area contributed by atoms with Crippen molar-refractivity contribution in [2.24, 2.45) is 0 Å². The molecule has 1 aromatic heterocycles. The van der Waals surface area contributed by atoms with Crippen molar-refractivity contribution >= 4 is 5.97 Å². The molecule has 0 aliphatic heterocycles. The van der Waals surface area contributed by atoms with Crippen LogP contribution in [0.1, 0.15) is 41.4 Å². The zero-order chi connectivity index (χ0) is 13.8. The molecule has 0 aliphatic carbocycles. The van der Waals surface area contributed by atoms with Gasteiger partial charge in [-0.3, -0.25) is 0 Å². The van der Waals surface area contributed by atoms with Crippen molar-refractivity contribution in [1.29, 1.82) is 0 Å². The number of hydrogen-bond donors (Lipinski definition) is 1. The summed E-state index contributed by atoms with van der Waals surface area (Å²) >= 11 is 0. The highest BCUT2D eigenvalue weighted by Gasteiger charge is 2.12. The average molecular weight is 258 g/mol. The summed E-state index contributed by atoms with van der Waals surface area (Å²) in [5.74, 6) is -0.990. The number of nitrogens with zero attached hydrogens (tertiary/aromatic N) is 2. The molecule has 2 rings (SSSR count). The monoisotopic (exact) mass is 258 g/mol. The van der Waals surface area contributed by atoms with Gasteiger partial charge in [0.05, 0.1) is 5.69 Å². The lowest BCUT2D eigenvalue weighted by Crippen LogP contribution is -2.01. The van der Waals surface area contributed by atoms with Crippen LogP contribution in [0, 0.1) is 6.92 Å². The molecule has 1 N–H and O–H groups in total. The summed E-state index contributed by atoms with van der Waals surface area (Å²) in [7, 11) is 0. The first kappa shape index (κ1) is 13.3. The SMILES string of the molecule is CCCCc1ccc(-n2cc(C)c(C(=O)O)n2)cc1. The van der Waals surface area contributed by atoms with Crippen LogP contribution in [0.2, 0.25) is 0 Å². The normalized spacial score (nSPS) is 10.6. The van der Waals surface area contributed by atoms with Gasteiger partial charge in [0.2, 0.25) is 0 Å². The van der Waals surface area contributed by atoms with E-state index in [1.165, 1.54) is 18.4 Å². The fourth-order valence-corrected chi connectivity index (χ4v) is 2.00. The van der Waals surface area contributed by atoms with Crippen molar-refractivity contribution < 1.29 is 9.90 Å². The van der Waals surface area contributed by atoms with Crippen molar-refractivity contribution in [3.8, 4) is 5.69 Å². The fraction of sp³-hybridized carbons (Fsp3) is 0.333. The molecule has 0 unspecified atom stereocenters. The second-order valence-electron chi connectivity index (χ2n) is 4.68. The number of aromatic nitrogens is 2. The largest absolute Gasteiger partial charge is 0.476 e. The van der Waals surface area contributed by atoms with Gasteiger partial charge < -0.3 is 5.11 Å². The van der Waals surface area contributed by atoms with Gasteiger partial charge in [0, 0.05) is 11.8 Å². The quantitative estimate of drug-likeness (QED) is 0.895. The Morgan fingerprint density at radius 3 is 2.53 bits per heavy atom. The van der Waals surface area contributed by atoms with Gasteiger partial charge in [0.25, 0.3) is 0 Å². The second-order valence-corrected chi connectivity index (χ2v) is 4.68. The Bertz CT molecular complexity index is 570. The van der Waals surface area contributed by atoms with Gasteiger partial charge in [-0.05, 0) is 37.5 Å². The van der Waals surface area contributed by atoms with Crippen LogP contribution < -0.4 is 0 Å². The molecule has 100 valence electrons. The lowest BCUT2D eigenvalue weighted by molar-refractivity contribution is 0.0689. The number of carboxylic acid groups (broad SMARTS) is 1. The van der Waals surface area contributed by atoms with Crippen molar-refractivity contribution in [2.75, 3.05) is 0 Å². The summed E-state index contributed by atoms with van der Waals surface area (Å²) in [6.07, 6.45) is 5.19. The molecule has 2 aromatic rings. The topological polar surface area (TPSA) is 55.1 Å². The molecule has 0 atom stereocenters. The molecule has 0 aliphatic rings. The number of carbonyl (C=O) groups is 1. The van der Waals surface area contributed by atoms with E-state index in [2.05, 4.69) is 24.2 Å². The molecule has 0 radical (unpaired) electrons. The maximum atomic E-state index is 11.0. The van der Waals surface area contributed by atoms with E-state index in [9.17, 15) is 4.79 Å². The molecule has 0 bridgehead atoms. The lowest BCUT2D eigenvalue weighted by atomic mass is 10.1. The third-order valence-corrected chi connectivity index (χ3v) is 3.12. The maximum Gasteiger partial charge on any atom is 0.356 e. The molecule has 4 heteroatoms. The first-order valence-corrected chi connectivity index (χ1v) is 6.50. The number of aryl methyl sites for hydroxylation is 2. The first-order chi connectivity index (χ1) is 9.11. The van der Waals surface area contributed by atoms with E-state index in [4.69, 9.17) is 5.11 Å². The Labute approximate surface area is 112 Å². The van der Waals surface area contributed by atoms with Gasteiger partial charge in [-0.25, -0.2) is 9.48 Å². The molecular formula is C15H18N2O2. The minimum atomic E-state index is -0.990. The number of hydrogen-bond acceptors (Lipinski definition) is 2. The second kappa shape index (κ2) is 5.69. The van der Waals surface area contributed by atoms with Crippen LogP contribution in [0.5, 0.6) is 0 Å². The fourth-order valence-electron chi connectivity index (χ4n) is 2.00. The Kier molecular flexibility index (Phi) is 4.00. The third kappa shape index (κ3) is 3.02. The minimum Gasteiger partial charge on any atom is -0.476 e. The zero-order valence-corrected chi connectivity index (χ0v) is 11.3. The van der Waals surface area contributed by atoms with Crippen LogP contribution in [0.15, 0.2) is 30.5 Å². The number of benzene rings is 1. The van der Waals surface area contributed by atoms with E-state index >= 15 is 0 Å². The van der Waals surface area contributed by atoms with Gasteiger partial charge in [-0.1, -0.05) is 25.5 Å². The predicted octanol–water partition coefficient (Wildman–Crippen LogP) is 3.22. The van der Waals surface area contributed by atoms with Gasteiger partial charge in [0.1, 0.15) is 0 Å². The van der Waals surface area contributed by atoms with Crippen molar-refractivity contribution in [3.05, 3.63) is 47.3 Å². The standard InChI is InChI=1S/C15H18N2O2/c1-3-4-5-12-6-8-13(9-7-12)17-10-11(2)14(16-17)15(18)19/h6-10H,3-5H2,1-2H3,(H,18,19). The van der Waals surface area contributed by atoms with E-state index in [1.54, 1.807) is 17.8 Å². The molecule has 19 heavy (non-hydrogen) atoms. The van der Waals surface area contributed by atoms with Crippen LogP contribution in [0.25, 0.3) is 5.69 Å². The molecule has 1 heterocycles. The van der Waals surface area contributed by atoms with E-state index in [-0.39, 0.29) is 5.69 Å². The molecule has 0 amide bonds. The smallest absolute Gasteiger partial charge is 0.356 e. The average Bonchev–Trinajstić information content (AvgIpc) is 2.79. The Hall–Kier alpha value is -2.10. The molecule has 0 saturated heterocycles. The molecular weight excluding hydrogens is 240 g/mol. The number of aromatic carboxylic acids is 1. The molecule has 0 saturated carbocycles. The first-order valence-electron chi connectivity index (χ1n) is 6.50. The van der Waals surface area contributed by atoms with E-state index in [0.717, 1.165) is 12.1 Å². The Morgan fingerprint density at radius 1 is 1.32 bits per heavy atom. The van der Waals surface area contributed by atoms with E-state index in [0.29, 0.717) is 5.56 Å². The summed E-state index contributed by atoms with van der Waals surface area (Å²) in [5, 5.41) is 13.1.